The second-order valence-corrected chi connectivity index (χ2v) is 17.7. The van der Waals surface area contributed by atoms with Crippen molar-refractivity contribution in [3.63, 3.8) is 0 Å². The van der Waals surface area contributed by atoms with Crippen LogP contribution in [0.2, 0.25) is 0 Å². The van der Waals surface area contributed by atoms with Crippen LogP contribution in [0.25, 0.3) is 77.3 Å². The summed E-state index contributed by atoms with van der Waals surface area (Å²) < 4.78 is 5.08. The molecule has 0 N–H and O–H groups in total. The van der Waals surface area contributed by atoms with Gasteiger partial charge in [-0.3, -0.25) is 0 Å². The average molecular weight is 807 g/mol. The van der Waals surface area contributed by atoms with Crippen LogP contribution in [0.4, 0.5) is 0 Å². The average Bonchev–Trinajstić information content (AvgIpc) is 3.98. The highest BCUT2D eigenvalue weighted by Gasteiger charge is 2.47. The molecule has 2 heterocycles. The lowest BCUT2D eigenvalue weighted by Crippen LogP contribution is -2.29. The molecule has 1 unspecified atom stereocenters. The zero-order valence-electron chi connectivity index (χ0n) is 35.3. The number of nitrogens with zero attached hydrogens (tertiary/aromatic N) is 2. The van der Waals surface area contributed by atoms with Gasteiger partial charge in [-0.15, -0.1) is 0 Å². The van der Waals surface area contributed by atoms with Gasteiger partial charge in [-0.1, -0.05) is 164 Å². The highest BCUT2D eigenvalue weighted by atomic mass is 15.0. The summed E-state index contributed by atoms with van der Waals surface area (Å²) in [7, 11) is 0. The third kappa shape index (κ3) is 5.44. The van der Waals surface area contributed by atoms with Crippen molar-refractivity contribution >= 4 is 66.2 Å². The number of hydrogen-bond acceptors (Lipinski definition) is 0. The molecule has 1 atom stereocenters. The van der Waals surface area contributed by atoms with E-state index in [9.17, 15) is 0 Å². The minimum atomic E-state index is -0.403. The predicted molar refractivity (Wildman–Crippen MR) is 267 cm³/mol. The Balaban J connectivity index is 1.01. The number of hydrogen-bond donors (Lipinski definition) is 0. The van der Waals surface area contributed by atoms with Crippen LogP contribution in [0.1, 0.15) is 66.3 Å². The molecule has 2 heteroatoms. The maximum atomic E-state index is 2.56. The molecule has 0 amide bonds. The topological polar surface area (TPSA) is 9.86 Å². The van der Waals surface area contributed by atoms with E-state index in [1.54, 1.807) is 0 Å². The largest absolute Gasteiger partial charge is 0.313 e. The van der Waals surface area contributed by atoms with E-state index in [2.05, 4.69) is 215 Å². The molecule has 0 spiro atoms. The molecule has 4 aliphatic carbocycles. The van der Waals surface area contributed by atoms with Gasteiger partial charge in [0.05, 0.1) is 27.5 Å². The van der Waals surface area contributed by atoms with Crippen molar-refractivity contribution in [1.82, 2.24) is 9.13 Å². The Kier molecular flexibility index (Phi) is 8.24. The van der Waals surface area contributed by atoms with Gasteiger partial charge >= 0.3 is 0 Å². The number of aromatic nitrogens is 2. The van der Waals surface area contributed by atoms with Crippen LogP contribution in [0, 0.1) is 0 Å². The fourth-order valence-corrected chi connectivity index (χ4v) is 11.7. The van der Waals surface area contributed by atoms with Crippen LogP contribution in [-0.2, 0) is 5.41 Å². The third-order valence-electron chi connectivity index (χ3n) is 14.5. The Morgan fingerprint density at radius 2 is 1.08 bits per heavy atom. The van der Waals surface area contributed by atoms with E-state index >= 15 is 0 Å². The molecule has 0 saturated carbocycles. The lowest BCUT2D eigenvalue weighted by atomic mass is 9.66. The molecule has 0 saturated heterocycles. The zero-order valence-corrected chi connectivity index (χ0v) is 35.3. The smallest absolute Gasteiger partial charge is 0.0710 e. The molecule has 13 rings (SSSR count). The molecule has 0 fully saturated rings. The molecule has 2 aromatic heterocycles. The second-order valence-electron chi connectivity index (χ2n) is 17.7. The third-order valence-corrected chi connectivity index (χ3v) is 14.5. The van der Waals surface area contributed by atoms with E-state index in [1.807, 2.05) is 0 Å². The Hall–Kier alpha value is -7.42. The van der Waals surface area contributed by atoms with E-state index in [1.165, 1.54) is 111 Å². The maximum Gasteiger partial charge on any atom is 0.0710 e. The van der Waals surface area contributed by atoms with Crippen molar-refractivity contribution in [2.45, 2.75) is 43.9 Å². The highest BCUT2D eigenvalue weighted by molar-refractivity contribution is 6.13. The van der Waals surface area contributed by atoms with E-state index in [0.717, 1.165) is 38.5 Å². The number of fused-ring (bicyclic) bond motifs is 8. The summed E-state index contributed by atoms with van der Waals surface area (Å²) in [5, 5.41) is 5.18. The van der Waals surface area contributed by atoms with Gasteiger partial charge in [-0.2, -0.15) is 0 Å². The molecule has 9 aromatic rings. The molecular weight excluding hydrogens is 761 g/mol. The van der Waals surface area contributed by atoms with Crippen LogP contribution < -0.4 is 0 Å². The monoisotopic (exact) mass is 806 g/mol. The summed E-state index contributed by atoms with van der Waals surface area (Å²) >= 11 is 0. The molecule has 0 aliphatic heterocycles. The standard InChI is InChI=1S/C61H46N2/c1-4-16-41(17-5-1)42-28-33-48(34-29-42)63-57-27-15-12-24-51(57)52-35-30-43(38-59(52)63)44-31-36-53-54-40-46(32-37-58(54)62(60(53)39-44)47-20-8-3-9-21-47)61(45-18-6-2-7-19-45)55-25-13-10-22-49(55)50-23-11-14-26-56(50)61/h1-8,10,12-20,22,24-28,30-33,35-40H,9,11,21,23,29,34H2. The normalized spacial score (nSPS) is 18.3. The Morgan fingerprint density at radius 3 is 1.84 bits per heavy atom. The van der Waals surface area contributed by atoms with E-state index in [0.29, 0.717) is 0 Å². The van der Waals surface area contributed by atoms with Gasteiger partial charge in [-0.05, 0) is 137 Å². The Morgan fingerprint density at radius 1 is 0.413 bits per heavy atom. The summed E-state index contributed by atoms with van der Waals surface area (Å²) in [4.78, 5) is 0. The van der Waals surface area contributed by atoms with E-state index in [-0.39, 0.29) is 0 Å². The first kappa shape index (κ1) is 36.3. The van der Waals surface area contributed by atoms with Gasteiger partial charge in [0, 0.05) is 32.9 Å². The van der Waals surface area contributed by atoms with Gasteiger partial charge in [0.15, 0.2) is 0 Å². The van der Waals surface area contributed by atoms with Gasteiger partial charge < -0.3 is 9.13 Å². The fraction of sp³-hybridized carbons (Fsp3) is 0.115. The quantitative estimate of drug-likeness (QED) is 0.158. The van der Waals surface area contributed by atoms with E-state index < -0.39 is 5.41 Å². The summed E-state index contributed by atoms with van der Waals surface area (Å²) in [6, 6.07) is 61.9. The van der Waals surface area contributed by atoms with Crippen molar-refractivity contribution in [3.05, 3.63) is 240 Å². The Labute approximate surface area is 368 Å². The molecule has 0 radical (unpaired) electrons. The molecule has 7 aromatic carbocycles. The Bertz CT molecular complexity index is 3540. The number of para-hydroxylation sites is 1. The van der Waals surface area contributed by atoms with Gasteiger partial charge in [0.25, 0.3) is 0 Å². The number of rotatable bonds is 6. The van der Waals surface area contributed by atoms with Crippen LogP contribution >= 0.6 is 0 Å². The first-order valence-corrected chi connectivity index (χ1v) is 22.8. The van der Waals surface area contributed by atoms with Crippen molar-refractivity contribution in [1.29, 1.82) is 0 Å². The number of allylic oxidation sites excluding steroid dienone is 12. The van der Waals surface area contributed by atoms with Gasteiger partial charge in [0.1, 0.15) is 0 Å². The SMILES string of the molecule is C1=CCCC(n2c3ccc(C4(c5ccccc5)C5=C(CCC=C5)c5ccccc54)cc3c3ccc(-c4ccc5c6ccccc6n(C6=CC=C(c7ccccc7)CC6)c5c4)cc32)=C1. The molecular formula is C61H46N2. The summed E-state index contributed by atoms with van der Waals surface area (Å²) in [5.74, 6) is 0. The van der Waals surface area contributed by atoms with Crippen LogP contribution in [0.3, 0.4) is 0 Å². The lowest BCUT2D eigenvalue weighted by molar-refractivity contribution is 0.758. The van der Waals surface area contributed by atoms with Crippen LogP contribution in [-0.4, -0.2) is 9.13 Å². The van der Waals surface area contributed by atoms with Crippen LogP contribution in [0.15, 0.2) is 212 Å². The van der Waals surface area contributed by atoms with Crippen molar-refractivity contribution < 1.29 is 0 Å². The van der Waals surface area contributed by atoms with Crippen LogP contribution in [0.5, 0.6) is 0 Å². The van der Waals surface area contributed by atoms with Crippen molar-refractivity contribution in [3.8, 4) is 11.1 Å². The molecule has 4 aliphatic rings. The summed E-state index contributed by atoms with van der Waals surface area (Å²) in [6.07, 6.45) is 22.6. The minimum Gasteiger partial charge on any atom is -0.313 e. The molecule has 300 valence electrons. The minimum absolute atomic E-state index is 0.403. The van der Waals surface area contributed by atoms with Crippen molar-refractivity contribution in [2.24, 2.45) is 0 Å². The zero-order chi connectivity index (χ0) is 41.5. The highest BCUT2D eigenvalue weighted by Crippen LogP contribution is 2.57. The second kappa shape index (κ2) is 14.3. The lowest BCUT2D eigenvalue weighted by Gasteiger charge is -2.35. The molecule has 2 nitrogen and oxygen atoms in total. The van der Waals surface area contributed by atoms with Gasteiger partial charge in [0.2, 0.25) is 0 Å². The summed E-state index contributed by atoms with van der Waals surface area (Å²) in [5.41, 5.74) is 20.9. The predicted octanol–water partition coefficient (Wildman–Crippen LogP) is 15.9. The summed E-state index contributed by atoms with van der Waals surface area (Å²) in [6.45, 7) is 0. The van der Waals surface area contributed by atoms with Gasteiger partial charge in [-0.25, -0.2) is 0 Å². The molecule has 0 bridgehead atoms. The first-order valence-electron chi connectivity index (χ1n) is 22.8. The first-order chi connectivity index (χ1) is 31.3. The van der Waals surface area contributed by atoms with Crippen molar-refractivity contribution in [2.75, 3.05) is 0 Å². The maximum absolute atomic E-state index is 2.56. The number of benzene rings is 7. The molecule has 63 heavy (non-hydrogen) atoms. The fourth-order valence-electron chi connectivity index (χ4n) is 11.7. The van der Waals surface area contributed by atoms with E-state index in [4.69, 9.17) is 0 Å².